The van der Waals surface area contributed by atoms with Crippen molar-refractivity contribution in [2.45, 2.75) is 44.9 Å². The summed E-state index contributed by atoms with van der Waals surface area (Å²) in [7, 11) is -3.13. The highest BCUT2D eigenvalue weighted by molar-refractivity contribution is 7.88. The Morgan fingerprint density at radius 2 is 1.70 bits per heavy atom. The molecule has 0 unspecified atom stereocenters. The molecule has 116 valence electrons. The lowest BCUT2D eigenvalue weighted by molar-refractivity contribution is -0.132. The van der Waals surface area contributed by atoms with E-state index in [2.05, 4.69) is 0 Å². The quantitative estimate of drug-likeness (QED) is 0.793. The fraction of sp³-hybridized carbons (Fsp3) is 0.929. The van der Waals surface area contributed by atoms with Gasteiger partial charge in [-0.05, 0) is 25.2 Å². The minimum absolute atomic E-state index is 0.215. The van der Waals surface area contributed by atoms with E-state index in [-0.39, 0.29) is 5.91 Å². The van der Waals surface area contributed by atoms with Crippen LogP contribution in [0.3, 0.4) is 0 Å². The second kappa shape index (κ2) is 6.89. The first-order chi connectivity index (χ1) is 9.47. The van der Waals surface area contributed by atoms with Crippen molar-refractivity contribution in [2.75, 3.05) is 32.4 Å². The lowest BCUT2D eigenvalue weighted by atomic mass is 9.86. The molecule has 0 atom stereocenters. The molecule has 0 aromatic rings. The molecular weight excluding hydrogens is 276 g/mol. The number of hydrogen-bond acceptors (Lipinski definition) is 3. The third-order valence-electron chi connectivity index (χ3n) is 4.46. The van der Waals surface area contributed by atoms with E-state index in [1.807, 2.05) is 4.90 Å². The maximum atomic E-state index is 12.3. The van der Waals surface area contributed by atoms with Crippen LogP contribution in [0.2, 0.25) is 0 Å². The van der Waals surface area contributed by atoms with Gasteiger partial charge in [0.1, 0.15) is 0 Å². The van der Waals surface area contributed by atoms with Gasteiger partial charge in [-0.25, -0.2) is 12.7 Å². The molecule has 1 aliphatic carbocycles. The molecule has 2 fully saturated rings. The third kappa shape index (κ3) is 4.45. The van der Waals surface area contributed by atoms with Gasteiger partial charge in [-0.3, -0.25) is 4.79 Å². The number of rotatable bonds is 3. The number of hydrogen-bond donors (Lipinski definition) is 0. The Morgan fingerprint density at radius 3 is 2.35 bits per heavy atom. The van der Waals surface area contributed by atoms with Gasteiger partial charge in [-0.2, -0.15) is 0 Å². The summed E-state index contributed by atoms with van der Waals surface area (Å²) in [5.74, 6) is 0.762. The molecule has 0 radical (unpaired) electrons. The predicted molar refractivity (Wildman–Crippen MR) is 78.8 cm³/mol. The molecule has 1 aliphatic heterocycles. The van der Waals surface area contributed by atoms with E-state index < -0.39 is 10.0 Å². The smallest absolute Gasteiger partial charge is 0.222 e. The second-order valence-electron chi connectivity index (χ2n) is 6.10. The molecule has 0 aromatic heterocycles. The van der Waals surface area contributed by atoms with Gasteiger partial charge >= 0.3 is 0 Å². The summed E-state index contributed by atoms with van der Waals surface area (Å²) in [5, 5.41) is 0. The van der Waals surface area contributed by atoms with Crippen LogP contribution in [-0.2, 0) is 14.8 Å². The number of carbonyl (C=O) groups is 1. The Balaban J connectivity index is 1.84. The summed E-state index contributed by atoms with van der Waals surface area (Å²) in [6.45, 7) is 2.21. The van der Waals surface area contributed by atoms with Crippen LogP contribution in [0, 0.1) is 5.92 Å². The first kappa shape index (κ1) is 15.8. The molecule has 20 heavy (non-hydrogen) atoms. The zero-order valence-electron chi connectivity index (χ0n) is 12.4. The zero-order chi connectivity index (χ0) is 14.6. The van der Waals surface area contributed by atoms with Gasteiger partial charge in [0.15, 0.2) is 0 Å². The van der Waals surface area contributed by atoms with Crippen LogP contribution in [0.4, 0.5) is 0 Å². The highest BCUT2D eigenvalue weighted by Gasteiger charge is 2.25. The van der Waals surface area contributed by atoms with E-state index in [1.165, 1.54) is 42.7 Å². The number of nitrogens with zero attached hydrogens (tertiary/aromatic N) is 2. The van der Waals surface area contributed by atoms with Crippen molar-refractivity contribution in [1.82, 2.24) is 9.21 Å². The van der Waals surface area contributed by atoms with E-state index in [1.54, 1.807) is 0 Å². The van der Waals surface area contributed by atoms with Crippen LogP contribution in [-0.4, -0.2) is 56.0 Å². The highest BCUT2D eigenvalue weighted by atomic mass is 32.2. The summed E-state index contributed by atoms with van der Waals surface area (Å²) in [4.78, 5) is 14.2. The molecule has 0 N–H and O–H groups in total. The maximum Gasteiger partial charge on any atom is 0.222 e. The molecule has 2 aliphatic rings. The van der Waals surface area contributed by atoms with Gasteiger partial charge in [-0.15, -0.1) is 0 Å². The van der Waals surface area contributed by atoms with Gasteiger partial charge < -0.3 is 4.90 Å². The largest absolute Gasteiger partial charge is 0.341 e. The third-order valence-corrected chi connectivity index (χ3v) is 5.77. The monoisotopic (exact) mass is 302 g/mol. The van der Waals surface area contributed by atoms with Crippen LogP contribution in [0.15, 0.2) is 0 Å². The number of carbonyl (C=O) groups excluding carboxylic acids is 1. The van der Waals surface area contributed by atoms with Crippen molar-refractivity contribution in [1.29, 1.82) is 0 Å². The van der Waals surface area contributed by atoms with E-state index >= 15 is 0 Å². The van der Waals surface area contributed by atoms with Crippen molar-refractivity contribution in [2.24, 2.45) is 5.92 Å². The molecular formula is C14H26N2O3S. The molecule has 0 spiro atoms. The standard InChI is InChI=1S/C14H26N2O3S/c1-20(18,19)16-9-5-8-15(10-11-16)14(17)12-13-6-3-2-4-7-13/h13H,2-12H2,1H3. The SMILES string of the molecule is CS(=O)(=O)N1CCCN(C(=O)CC2CCCCC2)CC1. The minimum Gasteiger partial charge on any atom is -0.341 e. The molecule has 1 saturated heterocycles. The fourth-order valence-electron chi connectivity index (χ4n) is 3.24. The van der Waals surface area contributed by atoms with Gasteiger partial charge in [0.25, 0.3) is 0 Å². The van der Waals surface area contributed by atoms with E-state index in [4.69, 9.17) is 0 Å². The first-order valence-electron chi connectivity index (χ1n) is 7.70. The maximum absolute atomic E-state index is 12.3. The van der Waals surface area contributed by atoms with E-state index in [0.29, 0.717) is 38.5 Å². The summed E-state index contributed by atoms with van der Waals surface area (Å²) in [5.41, 5.74) is 0. The Bertz CT molecular complexity index is 430. The number of sulfonamides is 1. The summed E-state index contributed by atoms with van der Waals surface area (Å²) in [6.07, 6.45) is 8.79. The molecule has 1 saturated carbocycles. The Morgan fingerprint density at radius 1 is 1.00 bits per heavy atom. The molecule has 0 aromatic carbocycles. The van der Waals surface area contributed by atoms with Crippen molar-refractivity contribution in [3.05, 3.63) is 0 Å². The van der Waals surface area contributed by atoms with Crippen LogP contribution in [0.25, 0.3) is 0 Å². The Kier molecular flexibility index (Phi) is 5.43. The van der Waals surface area contributed by atoms with Gasteiger partial charge in [0.05, 0.1) is 6.26 Å². The molecule has 5 nitrogen and oxygen atoms in total. The molecule has 2 rings (SSSR count). The van der Waals surface area contributed by atoms with Gasteiger partial charge in [0, 0.05) is 32.6 Å². The summed E-state index contributed by atoms with van der Waals surface area (Å²) in [6, 6.07) is 0. The van der Waals surface area contributed by atoms with Crippen LogP contribution >= 0.6 is 0 Å². The molecule has 0 bridgehead atoms. The first-order valence-corrected chi connectivity index (χ1v) is 9.54. The normalized spacial score (nSPS) is 23.6. The topological polar surface area (TPSA) is 57.7 Å². The predicted octanol–water partition coefficient (Wildman–Crippen LogP) is 1.45. The highest BCUT2D eigenvalue weighted by Crippen LogP contribution is 2.27. The number of amides is 1. The Labute approximate surface area is 122 Å². The molecule has 6 heteroatoms. The van der Waals surface area contributed by atoms with Gasteiger partial charge in [-0.1, -0.05) is 19.3 Å². The molecule has 1 amide bonds. The van der Waals surface area contributed by atoms with E-state index in [0.717, 1.165) is 6.42 Å². The van der Waals surface area contributed by atoms with Crippen molar-refractivity contribution >= 4 is 15.9 Å². The summed E-state index contributed by atoms with van der Waals surface area (Å²) >= 11 is 0. The van der Waals surface area contributed by atoms with Crippen molar-refractivity contribution in [3.63, 3.8) is 0 Å². The van der Waals surface area contributed by atoms with Crippen LogP contribution in [0.1, 0.15) is 44.9 Å². The summed E-state index contributed by atoms with van der Waals surface area (Å²) < 4.78 is 24.6. The van der Waals surface area contributed by atoms with Crippen molar-refractivity contribution in [3.8, 4) is 0 Å². The minimum atomic E-state index is -3.13. The van der Waals surface area contributed by atoms with Crippen LogP contribution < -0.4 is 0 Å². The lowest BCUT2D eigenvalue weighted by Gasteiger charge is -2.26. The average Bonchev–Trinajstić information content (AvgIpc) is 2.65. The zero-order valence-corrected chi connectivity index (χ0v) is 13.2. The molecule has 1 heterocycles. The van der Waals surface area contributed by atoms with Crippen LogP contribution in [0.5, 0.6) is 0 Å². The van der Waals surface area contributed by atoms with Gasteiger partial charge in [0.2, 0.25) is 15.9 Å². The fourth-order valence-corrected chi connectivity index (χ4v) is 4.12. The average molecular weight is 302 g/mol. The van der Waals surface area contributed by atoms with E-state index in [9.17, 15) is 13.2 Å². The lowest BCUT2D eigenvalue weighted by Crippen LogP contribution is -2.37. The second-order valence-corrected chi connectivity index (χ2v) is 8.09. The Hall–Kier alpha value is -0.620. The van der Waals surface area contributed by atoms with Crippen molar-refractivity contribution < 1.29 is 13.2 Å².